The van der Waals surface area contributed by atoms with Gasteiger partial charge in [-0.25, -0.2) is 36.9 Å². The second-order valence-corrected chi connectivity index (χ2v) is 13.8. The average molecular weight is 722 g/mol. The van der Waals surface area contributed by atoms with E-state index in [9.17, 15) is 27.2 Å². The Hall–Kier alpha value is -5.52. The van der Waals surface area contributed by atoms with E-state index in [1.165, 1.54) is 70.1 Å². The molecule has 17 heteroatoms. The fraction of sp³-hybridized carbons (Fsp3) is 0.265. The van der Waals surface area contributed by atoms with Crippen LogP contribution in [0.1, 0.15) is 13.8 Å². The summed E-state index contributed by atoms with van der Waals surface area (Å²) < 4.78 is 66.8. The Balaban J connectivity index is 1.11. The molecule has 2 fully saturated rings. The molecule has 1 unspecified atom stereocenters. The molecule has 4 amide bonds. The van der Waals surface area contributed by atoms with E-state index >= 15 is 4.39 Å². The normalized spacial score (nSPS) is 17.1. The molecule has 0 saturated carbocycles. The molecule has 51 heavy (non-hydrogen) atoms. The van der Waals surface area contributed by atoms with Crippen molar-refractivity contribution in [2.45, 2.75) is 24.8 Å². The van der Waals surface area contributed by atoms with Crippen LogP contribution in [-0.2, 0) is 24.3 Å². The number of benzene rings is 2. The largest absolute Gasteiger partial charge is 0.454 e. The van der Waals surface area contributed by atoms with Gasteiger partial charge in [0.2, 0.25) is 21.8 Å². The van der Waals surface area contributed by atoms with Gasteiger partial charge in [-0.1, -0.05) is 0 Å². The van der Waals surface area contributed by atoms with E-state index in [2.05, 4.69) is 20.6 Å². The van der Waals surface area contributed by atoms with Crippen molar-refractivity contribution in [1.82, 2.24) is 19.2 Å². The zero-order valence-corrected chi connectivity index (χ0v) is 28.3. The second kappa shape index (κ2) is 14.8. The summed E-state index contributed by atoms with van der Waals surface area (Å²) in [5.74, 6) is -3.62. The number of carbonyl (C=O) groups is 3. The molecule has 0 spiro atoms. The lowest BCUT2D eigenvalue weighted by Crippen LogP contribution is -2.61. The molecule has 2 aromatic carbocycles. The van der Waals surface area contributed by atoms with Crippen molar-refractivity contribution in [3.05, 3.63) is 90.8 Å². The van der Waals surface area contributed by atoms with E-state index in [0.717, 1.165) is 23.1 Å². The van der Waals surface area contributed by atoms with Gasteiger partial charge >= 0.3 is 6.03 Å². The average Bonchev–Trinajstić information content (AvgIpc) is 3.11. The molecule has 2 saturated heterocycles. The Morgan fingerprint density at radius 3 is 2.37 bits per heavy atom. The molecule has 2 aliphatic rings. The van der Waals surface area contributed by atoms with Crippen LogP contribution in [0.2, 0.25) is 0 Å². The molecule has 2 N–H and O–H groups in total. The van der Waals surface area contributed by atoms with Crippen molar-refractivity contribution in [3.8, 4) is 11.5 Å². The molecule has 0 radical (unpaired) electrons. The van der Waals surface area contributed by atoms with E-state index < -0.39 is 45.4 Å². The van der Waals surface area contributed by atoms with Crippen LogP contribution in [0.15, 0.2) is 84.0 Å². The molecule has 1 atom stereocenters. The Morgan fingerprint density at radius 1 is 0.961 bits per heavy atom. The molecule has 14 nitrogen and oxygen atoms in total. The third-order valence-electron chi connectivity index (χ3n) is 8.12. The summed E-state index contributed by atoms with van der Waals surface area (Å²) >= 11 is 0. The molecule has 4 aromatic rings. The summed E-state index contributed by atoms with van der Waals surface area (Å²) in [6.07, 6.45) is 2.66. The second-order valence-electron chi connectivity index (χ2n) is 11.9. The van der Waals surface area contributed by atoms with Gasteiger partial charge in [-0.15, -0.1) is 0 Å². The van der Waals surface area contributed by atoms with Crippen LogP contribution in [0.5, 0.6) is 11.5 Å². The summed E-state index contributed by atoms with van der Waals surface area (Å²) in [5.41, 5.74) is 0.155. The predicted octanol–water partition coefficient (Wildman–Crippen LogP) is 4.74. The lowest BCUT2D eigenvalue weighted by atomic mass is 10.0. The Labute approximate surface area is 292 Å². The predicted molar refractivity (Wildman–Crippen MR) is 181 cm³/mol. The van der Waals surface area contributed by atoms with Gasteiger partial charge in [0, 0.05) is 55.9 Å². The highest BCUT2D eigenvalue weighted by molar-refractivity contribution is 7.89. The number of amides is 4. The molecule has 0 aliphatic carbocycles. The quantitative estimate of drug-likeness (QED) is 0.219. The molecule has 0 bridgehead atoms. The van der Waals surface area contributed by atoms with Crippen molar-refractivity contribution in [2.75, 3.05) is 48.4 Å². The first kappa shape index (κ1) is 35.3. The van der Waals surface area contributed by atoms with Gasteiger partial charge in [0.05, 0.1) is 18.9 Å². The monoisotopic (exact) mass is 721 g/mol. The highest BCUT2D eigenvalue weighted by Crippen LogP contribution is 2.30. The number of aromatic nitrogens is 2. The summed E-state index contributed by atoms with van der Waals surface area (Å²) in [5, 5.41) is 5.50. The Bertz CT molecular complexity index is 2040. The SMILES string of the molecule is CC(C)N1CC(C(=O)Nc2ccc(Oc3ccnc(Nc4ccc(S(=O)(=O)N5CCOCC5)cn4)c3)c(F)c2)C(=O)N(c2ccc(F)cc2)C1=O. The highest BCUT2D eigenvalue weighted by atomic mass is 32.2. The van der Waals surface area contributed by atoms with Crippen LogP contribution < -0.4 is 20.3 Å². The van der Waals surface area contributed by atoms with Crippen LogP contribution in [0.25, 0.3) is 0 Å². The molecule has 2 aromatic heterocycles. The van der Waals surface area contributed by atoms with Crippen molar-refractivity contribution in [3.63, 3.8) is 0 Å². The van der Waals surface area contributed by atoms with Crippen LogP contribution in [-0.4, -0.2) is 84.3 Å². The van der Waals surface area contributed by atoms with Crippen LogP contribution in [0.3, 0.4) is 0 Å². The molecule has 2 aliphatic heterocycles. The van der Waals surface area contributed by atoms with E-state index in [-0.39, 0.29) is 59.3 Å². The topological polar surface area (TPSA) is 163 Å². The van der Waals surface area contributed by atoms with E-state index in [4.69, 9.17) is 9.47 Å². The maximum Gasteiger partial charge on any atom is 0.331 e. The number of hydrogen-bond acceptors (Lipinski definition) is 10. The lowest BCUT2D eigenvalue weighted by Gasteiger charge is -2.39. The first-order valence-electron chi connectivity index (χ1n) is 15.9. The van der Waals surface area contributed by atoms with Gasteiger partial charge < -0.3 is 25.0 Å². The maximum atomic E-state index is 15.2. The van der Waals surface area contributed by atoms with Gasteiger partial charge in [0.25, 0.3) is 0 Å². The zero-order chi connectivity index (χ0) is 36.3. The first-order valence-corrected chi connectivity index (χ1v) is 17.3. The lowest BCUT2D eigenvalue weighted by molar-refractivity contribution is -0.132. The zero-order valence-electron chi connectivity index (χ0n) is 27.5. The number of morpholine rings is 1. The number of ether oxygens (including phenoxy) is 2. The van der Waals surface area contributed by atoms with Crippen molar-refractivity contribution >= 4 is 50.9 Å². The summed E-state index contributed by atoms with van der Waals surface area (Å²) in [6, 6.07) is 13.4. The number of imide groups is 1. The fourth-order valence-electron chi connectivity index (χ4n) is 5.42. The van der Waals surface area contributed by atoms with Gasteiger partial charge in [-0.2, -0.15) is 4.31 Å². The van der Waals surface area contributed by atoms with Gasteiger partial charge in [-0.05, 0) is 68.4 Å². The van der Waals surface area contributed by atoms with Gasteiger partial charge in [0.1, 0.15) is 34.0 Å². The van der Waals surface area contributed by atoms with E-state index in [0.29, 0.717) is 19.0 Å². The van der Waals surface area contributed by atoms with Crippen molar-refractivity contribution in [1.29, 1.82) is 0 Å². The number of nitrogens with one attached hydrogen (secondary N) is 2. The first-order chi connectivity index (χ1) is 24.4. The summed E-state index contributed by atoms with van der Waals surface area (Å²) in [6.45, 7) is 4.44. The Kier molecular flexibility index (Phi) is 10.2. The number of nitrogens with zero attached hydrogens (tertiary/aromatic N) is 5. The van der Waals surface area contributed by atoms with Gasteiger partial charge in [0.15, 0.2) is 11.6 Å². The smallest absolute Gasteiger partial charge is 0.331 e. The number of carbonyl (C=O) groups excluding carboxylic acids is 3. The third-order valence-corrected chi connectivity index (χ3v) is 10.0. The standard InChI is InChI=1S/C34H33F2N7O7S/c1-21(2)42-20-27(33(45)43(34(42)46)24-6-3-22(35)4-7-24)32(44)39-23-5-9-29(28(36)17-23)50-25-11-12-37-31(18-25)40-30-10-8-26(19-38-30)51(47,48)41-13-15-49-16-14-41/h3-12,17-19,21,27H,13-16,20H2,1-2H3,(H,39,44)(H,37,38,40). The third kappa shape index (κ3) is 7.79. The number of pyridine rings is 2. The maximum absolute atomic E-state index is 15.2. The van der Waals surface area contributed by atoms with E-state index in [1.807, 2.05) is 0 Å². The molecule has 6 rings (SSSR count). The van der Waals surface area contributed by atoms with Crippen molar-refractivity contribution < 1.29 is 41.1 Å². The van der Waals surface area contributed by atoms with Crippen molar-refractivity contribution in [2.24, 2.45) is 5.92 Å². The van der Waals surface area contributed by atoms with Crippen LogP contribution in [0.4, 0.5) is 36.6 Å². The van der Waals surface area contributed by atoms with Crippen LogP contribution in [0, 0.1) is 17.6 Å². The molecule has 4 heterocycles. The van der Waals surface area contributed by atoms with Gasteiger partial charge in [-0.3, -0.25) is 9.59 Å². The summed E-state index contributed by atoms with van der Waals surface area (Å²) in [7, 11) is -3.71. The number of anilines is 4. The number of rotatable bonds is 10. The van der Waals surface area contributed by atoms with Crippen LogP contribution >= 0.6 is 0 Å². The minimum Gasteiger partial charge on any atom is -0.454 e. The fourth-order valence-corrected chi connectivity index (χ4v) is 6.77. The number of urea groups is 1. The Morgan fingerprint density at radius 2 is 1.71 bits per heavy atom. The summed E-state index contributed by atoms with van der Waals surface area (Å²) in [4.78, 5) is 50.5. The minimum atomic E-state index is -3.71. The molecular formula is C34H33F2N7O7S. The van der Waals surface area contributed by atoms with E-state index in [1.54, 1.807) is 13.8 Å². The minimum absolute atomic E-state index is 0.0417. The number of hydrogen-bond donors (Lipinski definition) is 2. The molecule has 266 valence electrons. The number of halogens is 2. The molecular weight excluding hydrogens is 688 g/mol. The number of sulfonamides is 1. The highest BCUT2D eigenvalue weighted by Gasteiger charge is 2.44.